The third-order valence-corrected chi connectivity index (χ3v) is 8.71. The van der Waals surface area contributed by atoms with Crippen molar-refractivity contribution in [3.8, 4) is 0 Å². The first-order valence-corrected chi connectivity index (χ1v) is 13.4. The molecule has 2 bridgehead atoms. The van der Waals surface area contributed by atoms with Gasteiger partial charge in [-0.2, -0.15) is 0 Å². The Kier molecular flexibility index (Phi) is 6.03. The van der Waals surface area contributed by atoms with E-state index in [0.717, 1.165) is 37.1 Å². The first kappa shape index (κ1) is 23.0. The molecule has 8 heteroatoms. The van der Waals surface area contributed by atoms with Gasteiger partial charge in [-0.3, -0.25) is 0 Å². The molecule has 2 aromatic rings. The van der Waals surface area contributed by atoms with Gasteiger partial charge in [-0.25, -0.2) is 14.8 Å². The van der Waals surface area contributed by atoms with Crippen molar-refractivity contribution in [1.82, 2.24) is 15.1 Å². The Morgan fingerprint density at radius 2 is 1.86 bits per heavy atom. The molecule has 1 N–H and O–H groups in total. The molecule has 8 nitrogen and oxygen atoms in total. The molecule has 5 atom stereocenters. The van der Waals surface area contributed by atoms with Crippen LogP contribution < -0.4 is 4.90 Å². The maximum absolute atomic E-state index is 11.5. The molecule has 2 saturated carbocycles. The van der Waals surface area contributed by atoms with Gasteiger partial charge in [-0.15, -0.1) is 0 Å². The summed E-state index contributed by atoms with van der Waals surface area (Å²) in [6.07, 6.45) is 11.6. The number of aromatic carboxylic acids is 1. The number of fused-ring (bicyclic) bond motifs is 2. The number of aromatic nitrogens is 3. The van der Waals surface area contributed by atoms with Crippen molar-refractivity contribution in [1.29, 1.82) is 0 Å². The highest BCUT2D eigenvalue weighted by Gasteiger charge is 2.43. The molecule has 0 aromatic carbocycles. The van der Waals surface area contributed by atoms with E-state index in [-0.39, 0.29) is 23.9 Å². The summed E-state index contributed by atoms with van der Waals surface area (Å²) in [6, 6.07) is 2.10. The fourth-order valence-corrected chi connectivity index (χ4v) is 6.73. The number of carbonyl (C=O) groups is 1. The average molecular weight is 481 g/mol. The molecule has 0 spiro atoms. The number of rotatable bonds is 7. The number of carboxylic acid groups (broad SMARTS) is 1. The van der Waals surface area contributed by atoms with Gasteiger partial charge in [0.25, 0.3) is 0 Å². The van der Waals surface area contributed by atoms with Crippen LogP contribution in [0.3, 0.4) is 0 Å². The van der Waals surface area contributed by atoms with Crippen LogP contribution in [0.2, 0.25) is 0 Å². The van der Waals surface area contributed by atoms with Crippen molar-refractivity contribution < 1.29 is 19.2 Å². The van der Waals surface area contributed by atoms with Crippen molar-refractivity contribution in [2.24, 2.45) is 5.92 Å². The van der Waals surface area contributed by atoms with E-state index in [1.54, 1.807) is 0 Å². The van der Waals surface area contributed by atoms with E-state index in [2.05, 4.69) is 26.9 Å². The highest BCUT2D eigenvalue weighted by molar-refractivity contribution is 5.85. The van der Waals surface area contributed by atoms with E-state index in [4.69, 9.17) is 9.26 Å². The second kappa shape index (κ2) is 9.19. The maximum atomic E-state index is 11.5. The Balaban J connectivity index is 1.17. The van der Waals surface area contributed by atoms with Crippen molar-refractivity contribution in [2.45, 2.75) is 115 Å². The Morgan fingerprint density at radius 1 is 1.11 bits per heavy atom. The summed E-state index contributed by atoms with van der Waals surface area (Å²) in [5.74, 6) is 2.27. The maximum Gasteiger partial charge on any atom is 0.354 e. The Morgan fingerprint density at radius 3 is 2.54 bits per heavy atom. The van der Waals surface area contributed by atoms with Crippen LogP contribution in [0.25, 0.3) is 0 Å². The number of nitrogens with zero attached hydrogens (tertiary/aromatic N) is 4. The molecule has 6 rings (SSSR count). The van der Waals surface area contributed by atoms with Crippen molar-refractivity contribution >= 4 is 11.9 Å². The van der Waals surface area contributed by atoms with Gasteiger partial charge in [0, 0.05) is 35.2 Å². The van der Waals surface area contributed by atoms with Crippen LogP contribution in [0, 0.1) is 12.8 Å². The lowest BCUT2D eigenvalue weighted by Gasteiger charge is -2.39. The molecule has 4 aliphatic rings. The van der Waals surface area contributed by atoms with Crippen molar-refractivity contribution in [3.05, 3.63) is 34.5 Å². The van der Waals surface area contributed by atoms with E-state index in [9.17, 15) is 9.90 Å². The van der Waals surface area contributed by atoms with Crippen molar-refractivity contribution in [3.63, 3.8) is 0 Å². The van der Waals surface area contributed by atoms with Gasteiger partial charge in [-0.05, 0) is 63.9 Å². The van der Waals surface area contributed by atoms with Crippen molar-refractivity contribution in [2.75, 3.05) is 4.90 Å². The van der Waals surface area contributed by atoms with E-state index in [0.29, 0.717) is 36.0 Å². The van der Waals surface area contributed by atoms with E-state index in [1.165, 1.54) is 50.2 Å². The quantitative estimate of drug-likeness (QED) is 0.565. The Hall–Kier alpha value is -2.48. The molecule has 2 aliphatic heterocycles. The SMILES string of the molecule is Cc1cc(C(=O)O)nc(N2C3CC[C@H]2CC(OCc2c(C4CCCCC4C)noc2C2CC2)C3)n1. The molecule has 2 aliphatic carbocycles. The van der Waals surface area contributed by atoms with Crippen LogP contribution in [-0.2, 0) is 11.3 Å². The zero-order valence-electron chi connectivity index (χ0n) is 20.8. The summed E-state index contributed by atoms with van der Waals surface area (Å²) >= 11 is 0. The Bertz CT molecular complexity index is 1080. The minimum atomic E-state index is -1.01. The molecule has 2 saturated heterocycles. The first-order valence-electron chi connectivity index (χ1n) is 13.4. The standard InChI is InChI=1S/C27H36N4O4/c1-15-5-3-4-6-21(15)24-22(25(35-30-24)17-7-8-17)14-34-20-12-18-9-10-19(13-20)31(18)27-28-16(2)11-23(29-27)26(32)33/h11,15,17-21H,3-10,12-14H2,1-2H3,(H,32,33)/t15?,18-,19?,20?,21?/m0/s1. The van der Waals surface area contributed by atoms with Crippen LogP contribution in [0.5, 0.6) is 0 Å². The number of hydrogen-bond donors (Lipinski definition) is 1. The predicted octanol–water partition coefficient (Wildman–Crippen LogP) is 5.36. The van der Waals surface area contributed by atoms with E-state index < -0.39 is 5.97 Å². The highest BCUT2D eigenvalue weighted by atomic mass is 16.5. The predicted molar refractivity (Wildman–Crippen MR) is 130 cm³/mol. The topological polar surface area (TPSA) is 102 Å². The lowest BCUT2D eigenvalue weighted by Crippen LogP contribution is -2.46. The number of hydrogen-bond acceptors (Lipinski definition) is 7. The molecule has 4 unspecified atom stereocenters. The van der Waals surface area contributed by atoms with Gasteiger partial charge >= 0.3 is 5.97 Å². The van der Waals surface area contributed by atoms with Gasteiger partial charge in [0.1, 0.15) is 5.76 Å². The molecule has 4 fully saturated rings. The summed E-state index contributed by atoms with van der Waals surface area (Å²) in [5.41, 5.74) is 3.15. The summed E-state index contributed by atoms with van der Waals surface area (Å²) in [7, 11) is 0. The van der Waals surface area contributed by atoms with Crippen LogP contribution in [0.1, 0.15) is 116 Å². The summed E-state index contributed by atoms with van der Waals surface area (Å²) in [6.45, 7) is 4.77. The molecule has 4 heterocycles. The lowest BCUT2D eigenvalue weighted by atomic mass is 9.77. The third-order valence-electron chi connectivity index (χ3n) is 8.71. The van der Waals surface area contributed by atoms with Gasteiger partial charge in [0.15, 0.2) is 5.69 Å². The van der Waals surface area contributed by atoms with Crippen LogP contribution in [0.4, 0.5) is 5.95 Å². The number of ether oxygens (including phenoxy) is 1. The van der Waals surface area contributed by atoms with Crippen LogP contribution in [-0.4, -0.2) is 44.4 Å². The summed E-state index contributed by atoms with van der Waals surface area (Å²) in [4.78, 5) is 22.7. The fourth-order valence-electron chi connectivity index (χ4n) is 6.73. The molecular formula is C27H36N4O4. The molecule has 188 valence electrons. The number of carboxylic acids is 1. The van der Waals surface area contributed by atoms with Gasteiger partial charge in [0.05, 0.1) is 18.4 Å². The Labute approximate surface area is 206 Å². The molecule has 2 aromatic heterocycles. The zero-order valence-corrected chi connectivity index (χ0v) is 20.8. The monoisotopic (exact) mass is 480 g/mol. The number of aryl methyl sites for hydroxylation is 1. The van der Waals surface area contributed by atoms with E-state index >= 15 is 0 Å². The average Bonchev–Trinajstić information content (AvgIpc) is 3.54. The minimum Gasteiger partial charge on any atom is -0.477 e. The van der Waals surface area contributed by atoms with Gasteiger partial charge < -0.3 is 19.3 Å². The number of piperidine rings is 1. The molecule has 0 amide bonds. The summed E-state index contributed by atoms with van der Waals surface area (Å²) < 4.78 is 12.5. The van der Waals surface area contributed by atoms with Crippen LogP contribution >= 0.6 is 0 Å². The summed E-state index contributed by atoms with van der Waals surface area (Å²) in [5, 5.41) is 14.1. The third kappa shape index (κ3) is 4.46. The minimum absolute atomic E-state index is 0.0646. The zero-order chi connectivity index (χ0) is 24.1. The number of anilines is 1. The van der Waals surface area contributed by atoms with Gasteiger partial charge in [0.2, 0.25) is 5.95 Å². The molecule has 0 radical (unpaired) electrons. The smallest absolute Gasteiger partial charge is 0.354 e. The second-order valence-corrected chi connectivity index (χ2v) is 11.2. The fraction of sp³-hybridized carbons (Fsp3) is 0.704. The lowest BCUT2D eigenvalue weighted by molar-refractivity contribution is 0.0137. The second-order valence-electron chi connectivity index (χ2n) is 11.2. The van der Waals surface area contributed by atoms with Gasteiger partial charge in [-0.1, -0.05) is 31.3 Å². The first-order chi connectivity index (χ1) is 17.0. The largest absolute Gasteiger partial charge is 0.477 e. The highest BCUT2D eigenvalue weighted by Crippen LogP contribution is 2.47. The van der Waals surface area contributed by atoms with Crippen LogP contribution in [0.15, 0.2) is 10.6 Å². The van der Waals surface area contributed by atoms with E-state index in [1.807, 2.05) is 6.92 Å². The normalized spacial score (nSPS) is 30.6. The molecule has 35 heavy (non-hydrogen) atoms. The molecular weight excluding hydrogens is 444 g/mol.